The van der Waals surface area contributed by atoms with Crippen LogP contribution >= 0.6 is 0 Å². The number of allylic oxidation sites excluding steroid dienone is 1. The lowest BCUT2D eigenvalue weighted by Gasteiger charge is -2.19. The van der Waals surface area contributed by atoms with Gasteiger partial charge in [-0.05, 0) is 43.5 Å². The first kappa shape index (κ1) is 17.9. The standard InChI is InChI=1S/C19H22FNO3/c1-5-24-19(23)17-13(4)21(11-12(2)3)18(22)16(17)10-14-6-8-15(20)9-7-14/h6-10,12H,5,11H2,1-4H3. The van der Waals surface area contributed by atoms with E-state index in [1.165, 1.54) is 12.1 Å². The van der Waals surface area contributed by atoms with Crippen LogP contribution in [0.2, 0.25) is 0 Å². The van der Waals surface area contributed by atoms with Crippen LogP contribution in [-0.4, -0.2) is 29.9 Å². The van der Waals surface area contributed by atoms with Crippen LogP contribution in [0.1, 0.15) is 33.3 Å². The normalized spacial score (nSPS) is 16.5. The third-order valence-electron chi connectivity index (χ3n) is 3.72. The minimum absolute atomic E-state index is 0.228. The number of amides is 1. The van der Waals surface area contributed by atoms with Gasteiger partial charge in [0.05, 0.1) is 17.8 Å². The van der Waals surface area contributed by atoms with Crippen LogP contribution in [0.4, 0.5) is 4.39 Å². The maximum absolute atomic E-state index is 13.1. The topological polar surface area (TPSA) is 46.6 Å². The molecule has 1 aromatic carbocycles. The van der Waals surface area contributed by atoms with E-state index in [0.717, 1.165) is 0 Å². The molecular formula is C19H22FNO3. The zero-order valence-corrected chi connectivity index (χ0v) is 14.4. The molecule has 4 nitrogen and oxygen atoms in total. The Morgan fingerprint density at radius 3 is 2.46 bits per heavy atom. The van der Waals surface area contributed by atoms with Crippen molar-refractivity contribution in [1.82, 2.24) is 4.90 Å². The van der Waals surface area contributed by atoms with E-state index in [-0.39, 0.29) is 29.8 Å². The third-order valence-corrected chi connectivity index (χ3v) is 3.72. The Labute approximate surface area is 141 Å². The van der Waals surface area contributed by atoms with Gasteiger partial charge in [0.2, 0.25) is 0 Å². The predicted molar refractivity (Wildman–Crippen MR) is 90.3 cm³/mol. The van der Waals surface area contributed by atoms with Crippen molar-refractivity contribution in [3.8, 4) is 0 Å². The largest absolute Gasteiger partial charge is 0.462 e. The van der Waals surface area contributed by atoms with E-state index in [1.54, 1.807) is 37.0 Å². The monoisotopic (exact) mass is 331 g/mol. The van der Waals surface area contributed by atoms with Crippen LogP contribution in [-0.2, 0) is 14.3 Å². The molecule has 0 atom stereocenters. The van der Waals surface area contributed by atoms with E-state index in [0.29, 0.717) is 23.4 Å². The lowest BCUT2D eigenvalue weighted by Crippen LogP contribution is -2.28. The molecule has 0 aliphatic carbocycles. The van der Waals surface area contributed by atoms with Gasteiger partial charge in [-0.1, -0.05) is 26.0 Å². The molecule has 1 heterocycles. The van der Waals surface area contributed by atoms with E-state index in [4.69, 9.17) is 4.74 Å². The fourth-order valence-corrected chi connectivity index (χ4v) is 2.64. The first-order valence-electron chi connectivity index (χ1n) is 8.02. The number of esters is 1. The lowest BCUT2D eigenvalue weighted by atomic mass is 10.0. The maximum Gasteiger partial charge on any atom is 0.340 e. The van der Waals surface area contributed by atoms with Gasteiger partial charge in [-0.2, -0.15) is 0 Å². The molecule has 5 heteroatoms. The average Bonchev–Trinajstić information content (AvgIpc) is 2.74. The van der Waals surface area contributed by atoms with Crippen LogP contribution in [0.15, 0.2) is 41.1 Å². The SMILES string of the molecule is CCOC(=O)C1=C(C)N(CC(C)C)C(=O)C1=Cc1ccc(F)cc1. The van der Waals surface area contributed by atoms with E-state index < -0.39 is 5.97 Å². The van der Waals surface area contributed by atoms with Crippen LogP contribution in [0.25, 0.3) is 6.08 Å². The highest BCUT2D eigenvalue weighted by molar-refractivity contribution is 6.16. The Bertz CT molecular complexity index is 702. The summed E-state index contributed by atoms with van der Waals surface area (Å²) in [4.78, 5) is 26.7. The van der Waals surface area contributed by atoms with Crippen molar-refractivity contribution < 1.29 is 18.7 Å². The number of hydrogen-bond acceptors (Lipinski definition) is 3. The lowest BCUT2D eigenvalue weighted by molar-refractivity contribution is -0.138. The van der Waals surface area contributed by atoms with Crippen LogP contribution in [0.5, 0.6) is 0 Å². The van der Waals surface area contributed by atoms with E-state index in [2.05, 4.69) is 0 Å². The molecule has 0 spiro atoms. The van der Waals surface area contributed by atoms with Crippen molar-refractivity contribution in [3.63, 3.8) is 0 Å². The molecule has 24 heavy (non-hydrogen) atoms. The van der Waals surface area contributed by atoms with Gasteiger partial charge in [0, 0.05) is 12.2 Å². The fourth-order valence-electron chi connectivity index (χ4n) is 2.64. The highest BCUT2D eigenvalue weighted by atomic mass is 19.1. The molecule has 1 aromatic rings. The molecule has 128 valence electrons. The second-order valence-corrected chi connectivity index (χ2v) is 6.10. The number of nitrogens with zero attached hydrogens (tertiary/aromatic N) is 1. The molecular weight excluding hydrogens is 309 g/mol. The van der Waals surface area contributed by atoms with Crippen molar-refractivity contribution in [2.24, 2.45) is 5.92 Å². The van der Waals surface area contributed by atoms with E-state index in [1.807, 2.05) is 13.8 Å². The Balaban J connectivity index is 2.48. The van der Waals surface area contributed by atoms with Crippen molar-refractivity contribution in [3.05, 3.63) is 52.5 Å². The fraction of sp³-hybridized carbons (Fsp3) is 0.368. The molecule has 0 fully saturated rings. The molecule has 0 unspecified atom stereocenters. The zero-order valence-electron chi connectivity index (χ0n) is 14.4. The molecule has 0 bridgehead atoms. The Hall–Kier alpha value is -2.43. The molecule has 2 rings (SSSR count). The number of carbonyl (C=O) groups is 2. The number of ether oxygens (including phenoxy) is 1. The summed E-state index contributed by atoms with van der Waals surface area (Å²) in [5, 5.41) is 0. The second-order valence-electron chi connectivity index (χ2n) is 6.10. The van der Waals surface area contributed by atoms with Gasteiger partial charge in [-0.3, -0.25) is 4.79 Å². The Morgan fingerprint density at radius 2 is 1.92 bits per heavy atom. The molecule has 0 N–H and O–H groups in total. The van der Waals surface area contributed by atoms with Gasteiger partial charge >= 0.3 is 5.97 Å². The summed E-state index contributed by atoms with van der Waals surface area (Å²) in [5.41, 5.74) is 1.83. The Morgan fingerprint density at radius 1 is 1.29 bits per heavy atom. The van der Waals surface area contributed by atoms with Crippen molar-refractivity contribution in [2.75, 3.05) is 13.2 Å². The van der Waals surface area contributed by atoms with Crippen molar-refractivity contribution in [2.45, 2.75) is 27.7 Å². The quantitative estimate of drug-likeness (QED) is 0.612. The Kier molecular flexibility index (Phi) is 5.54. The minimum atomic E-state index is -0.511. The number of halogens is 1. The first-order valence-corrected chi connectivity index (χ1v) is 8.02. The van der Waals surface area contributed by atoms with Crippen molar-refractivity contribution >= 4 is 18.0 Å². The van der Waals surface area contributed by atoms with Crippen molar-refractivity contribution in [1.29, 1.82) is 0 Å². The van der Waals surface area contributed by atoms with Gasteiger partial charge in [0.25, 0.3) is 5.91 Å². The number of rotatable bonds is 5. The minimum Gasteiger partial charge on any atom is -0.462 e. The number of benzene rings is 1. The van der Waals surface area contributed by atoms with Gasteiger partial charge < -0.3 is 9.64 Å². The summed E-state index contributed by atoms with van der Waals surface area (Å²) in [6, 6.07) is 5.77. The summed E-state index contributed by atoms with van der Waals surface area (Å²) in [6.45, 7) is 8.24. The summed E-state index contributed by atoms with van der Waals surface area (Å²) >= 11 is 0. The van der Waals surface area contributed by atoms with Crippen LogP contribution < -0.4 is 0 Å². The highest BCUT2D eigenvalue weighted by Crippen LogP contribution is 2.32. The molecule has 1 aliphatic heterocycles. The third kappa shape index (κ3) is 3.72. The van der Waals surface area contributed by atoms with Gasteiger partial charge in [-0.15, -0.1) is 0 Å². The summed E-state index contributed by atoms with van der Waals surface area (Å²) in [5.74, 6) is -0.831. The smallest absolute Gasteiger partial charge is 0.340 e. The molecule has 0 radical (unpaired) electrons. The zero-order chi connectivity index (χ0) is 17.9. The average molecular weight is 331 g/mol. The number of carbonyl (C=O) groups excluding carboxylic acids is 2. The summed E-state index contributed by atoms with van der Waals surface area (Å²) < 4.78 is 18.2. The maximum atomic E-state index is 13.1. The van der Waals surface area contributed by atoms with Gasteiger partial charge in [-0.25, -0.2) is 9.18 Å². The summed E-state index contributed by atoms with van der Waals surface area (Å²) in [7, 11) is 0. The van der Waals surface area contributed by atoms with Crippen LogP contribution in [0.3, 0.4) is 0 Å². The molecule has 0 saturated heterocycles. The van der Waals surface area contributed by atoms with Gasteiger partial charge in [0.15, 0.2) is 0 Å². The van der Waals surface area contributed by atoms with Crippen LogP contribution in [0, 0.1) is 11.7 Å². The molecule has 0 aromatic heterocycles. The number of hydrogen-bond donors (Lipinski definition) is 0. The first-order chi connectivity index (χ1) is 11.3. The summed E-state index contributed by atoms with van der Waals surface area (Å²) in [6.07, 6.45) is 1.61. The molecule has 0 saturated carbocycles. The predicted octanol–water partition coefficient (Wildman–Crippen LogP) is 3.54. The van der Waals surface area contributed by atoms with E-state index >= 15 is 0 Å². The second kappa shape index (κ2) is 7.43. The molecule has 1 aliphatic rings. The molecule has 1 amide bonds. The highest BCUT2D eigenvalue weighted by Gasteiger charge is 2.37. The van der Waals surface area contributed by atoms with Gasteiger partial charge in [0.1, 0.15) is 5.82 Å². The van der Waals surface area contributed by atoms with E-state index in [9.17, 15) is 14.0 Å².